The van der Waals surface area contributed by atoms with Gasteiger partial charge in [-0.2, -0.15) is 0 Å². The molecule has 1 unspecified atom stereocenters. The third-order valence-electron chi connectivity index (χ3n) is 1.84. The predicted octanol–water partition coefficient (Wildman–Crippen LogP) is 1.89. The second-order valence-corrected chi connectivity index (χ2v) is 2.84. The summed E-state index contributed by atoms with van der Waals surface area (Å²) in [5.74, 6) is -1.59. The van der Waals surface area contributed by atoms with E-state index in [2.05, 4.69) is 4.98 Å². The lowest BCUT2D eigenvalue weighted by Gasteiger charge is -2.09. The van der Waals surface area contributed by atoms with E-state index in [0.29, 0.717) is 0 Å². The maximum absolute atomic E-state index is 13.2. The molecule has 1 aromatic rings. The summed E-state index contributed by atoms with van der Waals surface area (Å²) in [7, 11) is 0. The Hall–Kier alpha value is -1.45. The molecule has 0 saturated carbocycles. The SMILES string of the molecule is CCOC(=O)C(C)c1ncccc1F. The summed E-state index contributed by atoms with van der Waals surface area (Å²) in [6, 6.07) is 2.76. The van der Waals surface area contributed by atoms with Crippen molar-refractivity contribution in [2.45, 2.75) is 19.8 Å². The van der Waals surface area contributed by atoms with E-state index in [-0.39, 0.29) is 12.3 Å². The average Bonchev–Trinajstić information content (AvgIpc) is 2.18. The van der Waals surface area contributed by atoms with Crippen molar-refractivity contribution in [1.29, 1.82) is 0 Å². The van der Waals surface area contributed by atoms with Gasteiger partial charge in [-0.25, -0.2) is 4.39 Å². The molecular weight excluding hydrogens is 185 g/mol. The zero-order valence-electron chi connectivity index (χ0n) is 8.16. The molecule has 76 valence electrons. The fourth-order valence-electron chi connectivity index (χ4n) is 1.10. The first-order valence-electron chi connectivity index (χ1n) is 4.43. The third kappa shape index (κ3) is 2.28. The van der Waals surface area contributed by atoms with Crippen molar-refractivity contribution in [2.75, 3.05) is 6.61 Å². The lowest BCUT2D eigenvalue weighted by atomic mass is 10.1. The quantitative estimate of drug-likeness (QED) is 0.694. The van der Waals surface area contributed by atoms with E-state index < -0.39 is 17.7 Å². The van der Waals surface area contributed by atoms with Gasteiger partial charge in [-0.15, -0.1) is 0 Å². The molecule has 0 aliphatic rings. The summed E-state index contributed by atoms with van der Waals surface area (Å²) in [6.45, 7) is 3.57. The summed E-state index contributed by atoms with van der Waals surface area (Å²) < 4.78 is 17.9. The topological polar surface area (TPSA) is 39.2 Å². The Kier molecular flexibility index (Phi) is 3.56. The largest absolute Gasteiger partial charge is 0.465 e. The normalized spacial score (nSPS) is 12.2. The van der Waals surface area contributed by atoms with Crippen LogP contribution in [0.3, 0.4) is 0 Å². The van der Waals surface area contributed by atoms with Crippen molar-refractivity contribution in [3.05, 3.63) is 29.8 Å². The van der Waals surface area contributed by atoms with E-state index in [1.54, 1.807) is 13.8 Å². The molecule has 4 heteroatoms. The molecule has 0 spiro atoms. The van der Waals surface area contributed by atoms with Crippen molar-refractivity contribution in [1.82, 2.24) is 4.98 Å². The highest BCUT2D eigenvalue weighted by Gasteiger charge is 2.20. The summed E-state index contributed by atoms with van der Waals surface area (Å²) >= 11 is 0. The molecule has 0 saturated heterocycles. The second kappa shape index (κ2) is 4.69. The molecule has 0 radical (unpaired) electrons. The van der Waals surface area contributed by atoms with Crippen molar-refractivity contribution in [3.63, 3.8) is 0 Å². The lowest BCUT2D eigenvalue weighted by Crippen LogP contribution is -2.15. The first-order chi connectivity index (χ1) is 6.66. The van der Waals surface area contributed by atoms with Crippen LogP contribution in [-0.2, 0) is 9.53 Å². The standard InChI is InChI=1S/C10H12FNO2/c1-3-14-10(13)7(2)9-8(11)5-4-6-12-9/h4-7H,3H2,1-2H3. The molecule has 0 N–H and O–H groups in total. The number of hydrogen-bond acceptors (Lipinski definition) is 3. The van der Waals surface area contributed by atoms with Gasteiger partial charge in [-0.3, -0.25) is 9.78 Å². The van der Waals surface area contributed by atoms with Crippen LogP contribution in [0.1, 0.15) is 25.5 Å². The van der Waals surface area contributed by atoms with E-state index in [1.165, 1.54) is 18.3 Å². The van der Waals surface area contributed by atoms with Gasteiger partial charge in [-0.1, -0.05) is 0 Å². The number of ether oxygens (including phenoxy) is 1. The average molecular weight is 197 g/mol. The number of halogens is 1. The molecule has 0 bridgehead atoms. The Morgan fingerprint density at radius 2 is 2.43 bits per heavy atom. The highest BCUT2D eigenvalue weighted by Crippen LogP contribution is 2.17. The molecule has 1 aromatic heterocycles. The van der Waals surface area contributed by atoms with Crippen LogP contribution < -0.4 is 0 Å². The van der Waals surface area contributed by atoms with Crippen LogP contribution in [0.2, 0.25) is 0 Å². The zero-order chi connectivity index (χ0) is 10.6. The summed E-state index contributed by atoms with van der Waals surface area (Å²) in [6.07, 6.45) is 1.45. The minimum Gasteiger partial charge on any atom is -0.465 e. The first kappa shape index (κ1) is 10.6. The van der Waals surface area contributed by atoms with E-state index in [0.717, 1.165) is 0 Å². The Balaban J connectivity index is 2.84. The number of rotatable bonds is 3. The number of nitrogens with zero attached hydrogens (tertiary/aromatic N) is 1. The summed E-state index contributed by atoms with van der Waals surface area (Å²) in [5, 5.41) is 0. The first-order valence-corrected chi connectivity index (χ1v) is 4.43. The van der Waals surface area contributed by atoms with Crippen LogP contribution in [0.25, 0.3) is 0 Å². The number of carbonyl (C=O) groups is 1. The maximum Gasteiger partial charge on any atom is 0.314 e. The number of carbonyl (C=O) groups excluding carboxylic acids is 1. The van der Waals surface area contributed by atoms with Gasteiger partial charge >= 0.3 is 5.97 Å². The number of pyridine rings is 1. The second-order valence-electron chi connectivity index (χ2n) is 2.84. The zero-order valence-corrected chi connectivity index (χ0v) is 8.16. The van der Waals surface area contributed by atoms with E-state index in [1.807, 2.05) is 0 Å². The molecule has 0 aromatic carbocycles. The van der Waals surface area contributed by atoms with Gasteiger partial charge in [0, 0.05) is 6.20 Å². The van der Waals surface area contributed by atoms with Crippen molar-refractivity contribution < 1.29 is 13.9 Å². The Morgan fingerprint density at radius 1 is 1.71 bits per heavy atom. The highest BCUT2D eigenvalue weighted by atomic mass is 19.1. The molecule has 14 heavy (non-hydrogen) atoms. The van der Waals surface area contributed by atoms with Crippen molar-refractivity contribution in [2.24, 2.45) is 0 Å². The number of aromatic nitrogens is 1. The van der Waals surface area contributed by atoms with E-state index in [9.17, 15) is 9.18 Å². The van der Waals surface area contributed by atoms with Gasteiger partial charge in [0.15, 0.2) is 0 Å². The third-order valence-corrected chi connectivity index (χ3v) is 1.84. The summed E-state index contributed by atoms with van der Waals surface area (Å²) in [4.78, 5) is 15.1. The molecule has 3 nitrogen and oxygen atoms in total. The van der Waals surface area contributed by atoms with Gasteiger partial charge < -0.3 is 4.74 Å². The van der Waals surface area contributed by atoms with Crippen LogP contribution in [0.4, 0.5) is 4.39 Å². The van der Waals surface area contributed by atoms with Crippen molar-refractivity contribution in [3.8, 4) is 0 Å². The summed E-state index contributed by atoms with van der Waals surface area (Å²) in [5.41, 5.74) is 0.131. The Bertz CT molecular complexity index is 328. The molecule has 1 atom stereocenters. The van der Waals surface area contributed by atoms with Crippen LogP contribution >= 0.6 is 0 Å². The predicted molar refractivity (Wildman–Crippen MR) is 49.2 cm³/mol. The minimum atomic E-state index is -0.656. The van der Waals surface area contributed by atoms with Crippen LogP contribution in [-0.4, -0.2) is 17.6 Å². The molecule has 1 heterocycles. The molecule has 0 fully saturated rings. The number of hydrogen-bond donors (Lipinski definition) is 0. The Morgan fingerprint density at radius 3 is 3.00 bits per heavy atom. The smallest absolute Gasteiger partial charge is 0.314 e. The fraction of sp³-hybridized carbons (Fsp3) is 0.400. The monoisotopic (exact) mass is 197 g/mol. The minimum absolute atomic E-state index is 0.131. The van der Waals surface area contributed by atoms with Crippen LogP contribution in [0.5, 0.6) is 0 Å². The van der Waals surface area contributed by atoms with Crippen LogP contribution in [0, 0.1) is 5.82 Å². The van der Waals surface area contributed by atoms with E-state index >= 15 is 0 Å². The highest BCUT2D eigenvalue weighted by molar-refractivity contribution is 5.77. The van der Waals surface area contributed by atoms with Gasteiger partial charge in [-0.05, 0) is 26.0 Å². The van der Waals surface area contributed by atoms with Gasteiger partial charge in [0.25, 0.3) is 0 Å². The molecule has 0 amide bonds. The van der Waals surface area contributed by atoms with Gasteiger partial charge in [0.1, 0.15) is 5.82 Å². The fourth-order valence-corrected chi connectivity index (χ4v) is 1.10. The van der Waals surface area contributed by atoms with Crippen molar-refractivity contribution >= 4 is 5.97 Å². The number of esters is 1. The maximum atomic E-state index is 13.2. The molecule has 0 aliphatic carbocycles. The Labute approximate surface area is 81.9 Å². The lowest BCUT2D eigenvalue weighted by molar-refractivity contribution is -0.144. The molecule has 0 aliphatic heterocycles. The van der Waals surface area contributed by atoms with Gasteiger partial charge in [0.05, 0.1) is 18.2 Å². The van der Waals surface area contributed by atoms with Crippen LogP contribution in [0.15, 0.2) is 18.3 Å². The van der Waals surface area contributed by atoms with Gasteiger partial charge in [0.2, 0.25) is 0 Å². The molecular formula is C10H12FNO2. The molecule has 1 rings (SSSR count). The van der Waals surface area contributed by atoms with E-state index in [4.69, 9.17) is 4.74 Å².